The lowest BCUT2D eigenvalue weighted by Crippen LogP contribution is -2.21. The van der Waals surface area contributed by atoms with Crippen molar-refractivity contribution >= 4 is 35.9 Å². The van der Waals surface area contributed by atoms with Crippen LogP contribution in [0.3, 0.4) is 0 Å². The van der Waals surface area contributed by atoms with E-state index in [1.807, 2.05) is 109 Å². The van der Waals surface area contributed by atoms with Crippen LogP contribution in [0.2, 0.25) is 0 Å². The van der Waals surface area contributed by atoms with E-state index in [2.05, 4.69) is 0 Å². The molecule has 0 saturated heterocycles. The molecular formula is C30H20O2. The van der Waals surface area contributed by atoms with Gasteiger partial charge in [0.2, 0.25) is 11.6 Å². The van der Waals surface area contributed by atoms with Gasteiger partial charge in [-0.25, -0.2) is 0 Å². The molecule has 5 rings (SSSR count). The van der Waals surface area contributed by atoms with Crippen LogP contribution in [0.15, 0.2) is 97.1 Å². The van der Waals surface area contributed by atoms with Gasteiger partial charge in [0.1, 0.15) is 0 Å². The first kappa shape index (κ1) is 19.7. The predicted molar refractivity (Wildman–Crippen MR) is 131 cm³/mol. The Hall–Kier alpha value is -4.30. The summed E-state index contributed by atoms with van der Waals surface area (Å²) in [6, 6.07) is 31.4. The highest BCUT2D eigenvalue weighted by Gasteiger charge is 2.30. The van der Waals surface area contributed by atoms with Crippen molar-refractivity contribution in [3.8, 4) is 11.1 Å². The van der Waals surface area contributed by atoms with Crippen LogP contribution in [-0.2, 0) is 0 Å². The van der Waals surface area contributed by atoms with E-state index >= 15 is 0 Å². The average molecular weight is 412 g/mol. The third-order valence-corrected chi connectivity index (χ3v) is 5.61. The third kappa shape index (κ3) is 3.86. The Kier molecular flexibility index (Phi) is 5.19. The predicted octanol–water partition coefficient (Wildman–Crippen LogP) is 7.07. The minimum absolute atomic E-state index is 0.446. The molecule has 32 heavy (non-hydrogen) atoms. The molecule has 1 aliphatic carbocycles. The number of hydrogen-bond donors (Lipinski definition) is 0. The first-order valence-electron chi connectivity index (χ1n) is 10.5. The number of Topliss-reactive ketones (excluding diaryl/α,β-unsaturated/α-hetero) is 2. The quantitative estimate of drug-likeness (QED) is 0.265. The molecule has 0 aliphatic heterocycles. The van der Waals surface area contributed by atoms with Crippen molar-refractivity contribution in [1.82, 2.24) is 0 Å². The van der Waals surface area contributed by atoms with Crippen LogP contribution in [0.5, 0.6) is 0 Å². The van der Waals surface area contributed by atoms with Crippen molar-refractivity contribution in [2.24, 2.45) is 0 Å². The molecule has 0 N–H and O–H groups in total. The number of fused-ring (bicyclic) bond motifs is 3. The smallest absolute Gasteiger partial charge is 0.234 e. The lowest BCUT2D eigenvalue weighted by molar-refractivity contribution is 0.0815. The van der Waals surface area contributed by atoms with Gasteiger partial charge in [-0.05, 0) is 57.6 Å². The fourth-order valence-electron chi connectivity index (χ4n) is 3.93. The van der Waals surface area contributed by atoms with Crippen molar-refractivity contribution in [2.75, 3.05) is 0 Å². The van der Waals surface area contributed by atoms with E-state index in [0.717, 1.165) is 33.4 Å². The van der Waals surface area contributed by atoms with E-state index in [4.69, 9.17) is 0 Å². The van der Waals surface area contributed by atoms with Gasteiger partial charge in [0.15, 0.2) is 0 Å². The molecule has 2 heteroatoms. The number of benzene rings is 4. The second-order valence-corrected chi connectivity index (χ2v) is 7.76. The zero-order valence-electron chi connectivity index (χ0n) is 17.4. The average Bonchev–Trinajstić information content (AvgIpc) is 2.86. The lowest BCUT2D eigenvalue weighted by atomic mass is 9.82. The van der Waals surface area contributed by atoms with Crippen LogP contribution in [0.4, 0.5) is 0 Å². The van der Waals surface area contributed by atoms with Crippen LogP contribution in [0, 0.1) is 0 Å². The third-order valence-electron chi connectivity index (χ3n) is 5.61. The fourth-order valence-corrected chi connectivity index (χ4v) is 3.93. The Morgan fingerprint density at radius 2 is 0.750 bits per heavy atom. The lowest BCUT2D eigenvalue weighted by Gasteiger charge is -2.19. The largest absolute Gasteiger partial charge is 0.285 e. The van der Waals surface area contributed by atoms with Crippen LogP contribution >= 0.6 is 0 Å². The summed E-state index contributed by atoms with van der Waals surface area (Å²) in [7, 11) is 0. The summed E-state index contributed by atoms with van der Waals surface area (Å²) in [4.78, 5) is 25.4. The maximum atomic E-state index is 12.7. The molecule has 0 heterocycles. The maximum Gasteiger partial charge on any atom is 0.234 e. The SMILES string of the molecule is O=C1C(=O)c2ccc(/C=C/c3ccccc3)cc2-c2cc(/C=C/c3ccccc3)ccc21. The minimum atomic E-state index is -0.446. The number of rotatable bonds is 4. The summed E-state index contributed by atoms with van der Waals surface area (Å²) < 4.78 is 0. The second kappa shape index (κ2) is 8.44. The first-order valence-corrected chi connectivity index (χ1v) is 10.5. The Balaban J connectivity index is 1.55. The highest BCUT2D eigenvalue weighted by Crippen LogP contribution is 2.35. The van der Waals surface area contributed by atoms with Gasteiger partial charge >= 0.3 is 0 Å². The van der Waals surface area contributed by atoms with E-state index in [0.29, 0.717) is 11.1 Å². The number of carbonyl (C=O) groups excluding carboxylic acids is 2. The topological polar surface area (TPSA) is 34.1 Å². The molecule has 4 aromatic rings. The van der Waals surface area contributed by atoms with Crippen LogP contribution in [-0.4, -0.2) is 11.6 Å². The monoisotopic (exact) mass is 412 g/mol. The van der Waals surface area contributed by atoms with Crippen molar-refractivity contribution in [3.63, 3.8) is 0 Å². The van der Waals surface area contributed by atoms with Gasteiger partial charge in [-0.15, -0.1) is 0 Å². The summed E-state index contributed by atoms with van der Waals surface area (Å²) >= 11 is 0. The molecule has 0 bridgehead atoms. The van der Waals surface area contributed by atoms with Crippen molar-refractivity contribution in [2.45, 2.75) is 0 Å². The molecule has 0 amide bonds. The normalized spacial score (nSPS) is 12.9. The summed E-state index contributed by atoms with van der Waals surface area (Å²) in [6.07, 6.45) is 8.12. The summed E-state index contributed by atoms with van der Waals surface area (Å²) in [5.41, 5.74) is 6.68. The number of hydrogen-bond acceptors (Lipinski definition) is 2. The summed E-state index contributed by atoms with van der Waals surface area (Å²) in [5.74, 6) is -0.891. The van der Waals surface area contributed by atoms with Gasteiger partial charge in [-0.3, -0.25) is 9.59 Å². The highest BCUT2D eigenvalue weighted by molar-refractivity contribution is 6.53. The van der Waals surface area contributed by atoms with Crippen LogP contribution in [0.1, 0.15) is 43.0 Å². The van der Waals surface area contributed by atoms with E-state index in [1.54, 1.807) is 12.1 Å². The van der Waals surface area contributed by atoms with E-state index < -0.39 is 11.6 Å². The van der Waals surface area contributed by atoms with Crippen LogP contribution in [0.25, 0.3) is 35.4 Å². The zero-order chi connectivity index (χ0) is 21.9. The standard InChI is InChI=1S/C30H20O2/c31-29-25-17-15-23(13-11-21-7-3-1-4-8-21)19-27(25)28-20-24(16-18-26(28)30(29)32)14-12-22-9-5-2-6-10-22/h1-20H/b13-11+,14-12+. The molecule has 0 saturated carbocycles. The molecule has 152 valence electrons. The molecule has 0 atom stereocenters. The highest BCUT2D eigenvalue weighted by atomic mass is 16.2. The van der Waals surface area contributed by atoms with Gasteiger partial charge in [-0.2, -0.15) is 0 Å². The zero-order valence-corrected chi connectivity index (χ0v) is 17.4. The van der Waals surface area contributed by atoms with E-state index in [9.17, 15) is 9.59 Å². The van der Waals surface area contributed by atoms with Crippen molar-refractivity contribution < 1.29 is 9.59 Å². The molecule has 0 radical (unpaired) electrons. The summed E-state index contributed by atoms with van der Waals surface area (Å²) in [5, 5.41) is 0. The first-order chi connectivity index (χ1) is 15.7. The van der Waals surface area contributed by atoms with Crippen molar-refractivity contribution in [3.05, 3.63) is 130 Å². The van der Waals surface area contributed by atoms with Gasteiger partial charge in [0.05, 0.1) is 0 Å². The molecule has 0 aromatic heterocycles. The van der Waals surface area contributed by atoms with Crippen LogP contribution < -0.4 is 0 Å². The Labute approximate surface area is 187 Å². The Morgan fingerprint density at radius 3 is 1.16 bits per heavy atom. The van der Waals surface area contributed by atoms with Gasteiger partial charge in [0.25, 0.3) is 0 Å². The van der Waals surface area contributed by atoms with E-state index in [1.165, 1.54) is 0 Å². The molecule has 1 aliphatic rings. The van der Waals surface area contributed by atoms with Gasteiger partial charge < -0.3 is 0 Å². The molecule has 2 nitrogen and oxygen atoms in total. The minimum Gasteiger partial charge on any atom is -0.285 e. The Bertz CT molecular complexity index is 1270. The number of ketones is 2. The van der Waals surface area contributed by atoms with Crippen molar-refractivity contribution in [1.29, 1.82) is 0 Å². The Morgan fingerprint density at radius 1 is 0.375 bits per heavy atom. The molecule has 0 fully saturated rings. The molecule has 0 unspecified atom stereocenters. The number of carbonyl (C=O) groups is 2. The molecule has 0 spiro atoms. The van der Waals surface area contributed by atoms with Gasteiger partial charge in [-0.1, -0.05) is 97.1 Å². The fraction of sp³-hybridized carbons (Fsp3) is 0. The van der Waals surface area contributed by atoms with E-state index in [-0.39, 0.29) is 0 Å². The van der Waals surface area contributed by atoms with Gasteiger partial charge in [0, 0.05) is 11.1 Å². The summed E-state index contributed by atoms with van der Waals surface area (Å²) in [6.45, 7) is 0. The molecular weight excluding hydrogens is 392 g/mol. The maximum absolute atomic E-state index is 12.7. The second-order valence-electron chi connectivity index (χ2n) is 7.76. The molecule has 4 aromatic carbocycles.